The van der Waals surface area contributed by atoms with Crippen LogP contribution in [0, 0.1) is 5.92 Å². The lowest BCUT2D eigenvalue weighted by atomic mass is 10.0. The van der Waals surface area contributed by atoms with Crippen LogP contribution < -0.4 is 11.1 Å². The Bertz CT molecular complexity index is 441. The van der Waals surface area contributed by atoms with Gasteiger partial charge in [-0.2, -0.15) is 0 Å². The molecule has 1 amide bonds. The Hall–Kier alpha value is -2.04. The number of rotatable bonds is 5. The van der Waals surface area contributed by atoms with Crippen molar-refractivity contribution in [2.45, 2.75) is 26.3 Å². The first-order valence-electron chi connectivity index (χ1n) is 6.15. The van der Waals surface area contributed by atoms with Crippen molar-refractivity contribution >= 4 is 17.6 Å². The monoisotopic (exact) mass is 264 g/mol. The van der Waals surface area contributed by atoms with Crippen LogP contribution in [0.15, 0.2) is 24.3 Å². The van der Waals surface area contributed by atoms with Gasteiger partial charge in [-0.05, 0) is 23.6 Å². The molecule has 0 saturated heterocycles. The van der Waals surface area contributed by atoms with Gasteiger partial charge in [0.05, 0.1) is 13.5 Å². The van der Waals surface area contributed by atoms with Crippen LogP contribution in [0.3, 0.4) is 0 Å². The van der Waals surface area contributed by atoms with Gasteiger partial charge < -0.3 is 15.8 Å². The summed E-state index contributed by atoms with van der Waals surface area (Å²) in [6.45, 7) is 3.70. The van der Waals surface area contributed by atoms with Crippen molar-refractivity contribution in [3.63, 3.8) is 0 Å². The third-order valence-electron chi connectivity index (χ3n) is 2.78. The Labute approximate surface area is 113 Å². The maximum absolute atomic E-state index is 11.9. The first-order chi connectivity index (χ1) is 8.93. The minimum atomic E-state index is -0.619. The number of hydrogen-bond acceptors (Lipinski definition) is 4. The van der Waals surface area contributed by atoms with Crippen LogP contribution in [0.2, 0.25) is 0 Å². The van der Waals surface area contributed by atoms with Crippen LogP contribution in [-0.2, 0) is 20.7 Å². The molecule has 0 aliphatic heterocycles. The van der Waals surface area contributed by atoms with E-state index in [1.165, 1.54) is 7.11 Å². The number of amides is 1. The number of carbonyl (C=O) groups is 2. The van der Waals surface area contributed by atoms with Gasteiger partial charge in [-0.25, -0.2) is 4.79 Å². The molecule has 0 aliphatic rings. The lowest BCUT2D eigenvalue weighted by molar-refractivity contribution is -0.146. The fourth-order valence-corrected chi connectivity index (χ4v) is 1.67. The molecule has 104 valence electrons. The van der Waals surface area contributed by atoms with Crippen LogP contribution in [0.1, 0.15) is 19.4 Å². The Balaban J connectivity index is 2.62. The van der Waals surface area contributed by atoms with E-state index < -0.39 is 12.0 Å². The van der Waals surface area contributed by atoms with Crippen LogP contribution >= 0.6 is 0 Å². The van der Waals surface area contributed by atoms with Gasteiger partial charge in [0.15, 0.2) is 0 Å². The molecule has 1 unspecified atom stereocenters. The van der Waals surface area contributed by atoms with Gasteiger partial charge >= 0.3 is 5.97 Å². The van der Waals surface area contributed by atoms with Crippen LogP contribution in [0.4, 0.5) is 5.69 Å². The summed E-state index contributed by atoms with van der Waals surface area (Å²) in [7, 11) is 1.31. The van der Waals surface area contributed by atoms with Gasteiger partial charge in [0.2, 0.25) is 5.91 Å². The van der Waals surface area contributed by atoms with Crippen LogP contribution in [0.5, 0.6) is 0 Å². The summed E-state index contributed by atoms with van der Waals surface area (Å²) in [4.78, 5) is 23.4. The molecule has 0 bridgehead atoms. The molecule has 5 heteroatoms. The van der Waals surface area contributed by atoms with Gasteiger partial charge in [0, 0.05) is 5.69 Å². The number of hydrogen-bond donors (Lipinski definition) is 2. The normalized spacial score (nSPS) is 12.0. The van der Waals surface area contributed by atoms with E-state index in [0.29, 0.717) is 5.69 Å². The average molecular weight is 264 g/mol. The lowest BCUT2D eigenvalue weighted by Crippen LogP contribution is -2.45. The highest BCUT2D eigenvalue weighted by Crippen LogP contribution is 2.08. The zero-order valence-corrected chi connectivity index (χ0v) is 11.5. The molecule has 1 atom stereocenters. The van der Waals surface area contributed by atoms with Crippen LogP contribution in [-0.4, -0.2) is 25.0 Å². The zero-order valence-electron chi connectivity index (χ0n) is 11.5. The summed E-state index contributed by atoms with van der Waals surface area (Å²) in [5.74, 6) is -0.669. The summed E-state index contributed by atoms with van der Waals surface area (Å²) in [6.07, 6.45) is 0.209. The van der Waals surface area contributed by atoms with E-state index in [4.69, 9.17) is 5.73 Å². The second-order valence-electron chi connectivity index (χ2n) is 4.73. The van der Waals surface area contributed by atoms with Gasteiger partial charge in [-0.1, -0.05) is 26.0 Å². The molecular weight excluding hydrogens is 244 g/mol. The van der Waals surface area contributed by atoms with Gasteiger partial charge in [-0.3, -0.25) is 4.79 Å². The Kier molecular flexibility index (Phi) is 5.36. The summed E-state index contributed by atoms with van der Waals surface area (Å²) < 4.78 is 4.67. The smallest absolute Gasteiger partial charge is 0.328 e. The van der Waals surface area contributed by atoms with E-state index in [1.54, 1.807) is 24.3 Å². The topological polar surface area (TPSA) is 81.4 Å². The summed E-state index contributed by atoms with van der Waals surface area (Å²) in [5.41, 5.74) is 7.07. The zero-order chi connectivity index (χ0) is 14.4. The summed E-state index contributed by atoms with van der Waals surface area (Å²) >= 11 is 0. The number of ether oxygens (including phenoxy) is 1. The van der Waals surface area contributed by atoms with E-state index in [2.05, 4.69) is 10.1 Å². The highest BCUT2D eigenvalue weighted by Gasteiger charge is 2.24. The molecule has 0 heterocycles. The fourth-order valence-electron chi connectivity index (χ4n) is 1.67. The maximum Gasteiger partial charge on any atom is 0.328 e. The quantitative estimate of drug-likeness (QED) is 0.617. The fraction of sp³-hybridized carbons (Fsp3) is 0.429. The van der Waals surface area contributed by atoms with E-state index in [0.717, 1.165) is 5.56 Å². The Morgan fingerprint density at radius 1 is 1.26 bits per heavy atom. The number of carbonyl (C=O) groups excluding carboxylic acids is 2. The van der Waals surface area contributed by atoms with Gasteiger partial charge in [0.1, 0.15) is 6.04 Å². The van der Waals surface area contributed by atoms with E-state index in [-0.39, 0.29) is 18.2 Å². The first kappa shape index (κ1) is 15.0. The molecule has 1 aromatic carbocycles. The first-order valence-corrected chi connectivity index (χ1v) is 6.15. The number of nitrogens with two attached hydrogens (primary N) is 1. The highest BCUT2D eigenvalue weighted by molar-refractivity contribution is 5.85. The third-order valence-corrected chi connectivity index (χ3v) is 2.78. The minimum Gasteiger partial charge on any atom is -0.467 e. The molecule has 1 rings (SSSR count). The number of esters is 1. The molecular formula is C14H20N2O3. The summed E-state index contributed by atoms with van der Waals surface area (Å²) in [5, 5.41) is 2.69. The van der Waals surface area contributed by atoms with Crippen molar-refractivity contribution in [3.8, 4) is 0 Å². The average Bonchev–Trinajstić information content (AvgIpc) is 2.37. The molecule has 0 radical (unpaired) electrons. The molecule has 5 nitrogen and oxygen atoms in total. The molecule has 19 heavy (non-hydrogen) atoms. The van der Waals surface area contributed by atoms with Crippen LogP contribution in [0.25, 0.3) is 0 Å². The highest BCUT2D eigenvalue weighted by atomic mass is 16.5. The van der Waals surface area contributed by atoms with Gasteiger partial charge in [0.25, 0.3) is 0 Å². The number of nitrogens with one attached hydrogen (secondary N) is 1. The standard InChI is InChI=1S/C14H20N2O3/c1-9(2)13(14(18)19-3)16-12(17)8-10-4-6-11(15)7-5-10/h4-7,9,13H,8,15H2,1-3H3,(H,16,17). The van der Waals surface area contributed by atoms with Gasteiger partial charge in [-0.15, -0.1) is 0 Å². The molecule has 0 fully saturated rings. The van der Waals surface area contributed by atoms with E-state index in [1.807, 2.05) is 13.8 Å². The predicted molar refractivity (Wildman–Crippen MR) is 73.3 cm³/mol. The molecule has 0 spiro atoms. The SMILES string of the molecule is COC(=O)C(NC(=O)Cc1ccc(N)cc1)C(C)C. The Morgan fingerprint density at radius 2 is 1.84 bits per heavy atom. The van der Waals surface area contributed by atoms with Crippen molar-refractivity contribution in [2.75, 3.05) is 12.8 Å². The third kappa shape index (κ3) is 4.62. The molecule has 1 aromatic rings. The van der Waals surface area contributed by atoms with E-state index >= 15 is 0 Å². The maximum atomic E-state index is 11.9. The molecule has 0 aliphatic carbocycles. The van der Waals surface area contributed by atoms with Crippen molar-refractivity contribution < 1.29 is 14.3 Å². The predicted octanol–water partition coefficient (Wildman–Crippen LogP) is 1.13. The second-order valence-corrected chi connectivity index (χ2v) is 4.73. The van der Waals surface area contributed by atoms with E-state index in [9.17, 15) is 9.59 Å². The number of nitrogen functional groups attached to an aromatic ring is 1. The second kappa shape index (κ2) is 6.78. The number of benzene rings is 1. The Morgan fingerprint density at radius 3 is 2.32 bits per heavy atom. The number of methoxy groups -OCH3 is 1. The molecule has 0 aromatic heterocycles. The molecule has 3 N–H and O–H groups in total. The number of anilines is 1. The largest absolute Gasteiger partial charge is 0.467 e. The van der Waals surface area contributed by atoms with Crippen molar-refractivity contribution in [2.24, 2.45) is 5.92 Å². The minimum absolute atomic E-state index is 0.0252. The van der Waals surface area contributed by atoms with Crippen molar-refractivity contribution in [1.29, 1.82) is 0 Å². The molecule has 0 saturated carbocycles. The summed E-state index contributed by atoms with van der Waals surface area (Å²) in [6, 6.07) is 6.44. The van der Waals surface area contributed by atoms with Crippen molar-refractivity contribution in [3.05, 3.63) is 29.8 Å². The van der Waals surface area contributed by atoms with Crippen molar-refractivity contribution in [1.82, 2.24) is 5.32 Å². The lowest BCUT2D eigenvalue weighted by Gasteiger charge is -2.19.